The molecule has 4 rings (SSSR count). The Morgan fingerprint density at radius 2 is 1.62 bits per heavy atom. The van der Waals surface area contributed by atoms with Gasteiger partial charge in [-0.05, 0) is 74.7 Å². The maximum Gasteiger partial charge on any atom is 0.161 e. The Kier molecular flexibility index (Phi) is 5.26. The van der Waals surface area contributed by atoms with Crippen molar-refractivity contribution in [3.8, 4) is 22.9 Å². The summed E-state index contributed by atoms with van der Waals surface area (Å²) in [4.78, 5) is 8.12. The first-order valence-electron chi connectivity index (χ1n) is 9.96. The topological polar surface area (TPSA) is 47.1 Å². The predicted octanol–water partition coefficient (Wildman–Crippen LogP) is 6.13. The van der Waals surface area contributed by atoms with Gasteiger partial charge in [-0.2, -0.15) is 0 Å². The van der Waals surface area contributed by atoms with Crippen LogP contribution in [0.1, 0.15) is 29.2 Å². The lowest BCUT2D eigenvalue weighted by atomic mass is 10.1. The molecular formula is C25H26N2O2. The first-order valence-corrected chi connectivity index (χ1v) is 9.96. The van der Waals surface area contributed by atoms with Crippen molar-refractivity contribution in [2.45, 2.75) is 34.3 Å². The van der Waals surface area contributed by atoms with Gasteiger partial charge in [0, 0.05) is 5.56 Å². The summed E-state index contributed by atoms with van der Waals surface area (Å²) in [5.41, 5.74) is 7.81. The summed E-state index contributed by atoms with van der Waals surface area (Å²) in [6.45, 7) is 9.34. The van der Waals surface area contributed by atoms with Crippen LogP contribution in [0.2, 0.25) is 0 Å². The zero-order valence-electron chi connectivity index (χ0n) is 17.4. The normalized spacial score (nSPS) is 11.0. The molecule has 3 aromatic carbocycles. The van der Waals surface area contributed by atoms with Crippen LogP contribution >= 0.6 is 0 Å². The molecule has 4 nitrogen and oxygen atoms in total. The zero-order chi connectivity index (χ0) is 20.4. The minimum Gasteiger partial charge on any atom is -0.490 e. The van der Waals surface area contributed by atoms with E-state index in [2.05, 4.69) is 56.1 Å². The van der Waals surface area contributed by atoms with Crippen LogP contribution in [0.15, 0.2) is 54.6 Å². The number of nitrogens with one attached hydrogen (secondary N) is 1. The van der Waals surface area contributed by atoms with E-state index in [4.69, 9.17) is 14.5 Å². The van der Waals surface area contributed by atoms with Gasteiger partial charge >= 0.3 is 0 Å². The Morgan fingerprint density at radius 1 is 0.828 bits per heavy atom. The highest BCUT2D eigenvalue weighted by molar-refractivity contribution is 5.80. The van der Waals surface area contributed by atoms with Crippen LogP contribution in [-0.4, -0.2) is 16.6 Å². The van der Waals surface area contributed by atoms with E-state index < -0.39 is 0 Å². The van der Waals surface area contributed by atoms with Crippen molar-refractivity contribution in [3.05, 3.63) is 76.9 Å². The fourth-order valence-corrected chi connectivity index (χ4v) is 3.41. The molecule has 1 heterocycles. The second kappa shape index (κ2) is 8.00. The van der Waals surface area contributed by atoms with E-state index in [1.807, 2.05) is 31.2 Å². The SMILES string of the molecule is CCOc1cc(-c2nc3ccc(C)cc3[nH]2)ccc1OCc1cc(C)ccc1C. The van der Waals surface area contributed by atoms with E-state index >= 15 is 0 Å². The molecule has 1 N–H and O–H groups in total. The molecule has 0 fully saturated rings. The molecule has 4 aromatic rings. The second-order valence-electron chi connectivity index (χ2n) is 7.42. The number of rotatable bonds is 6. The molecule has 0 spiro atoms. The lowest BCUT2D eigenvalue weighted by Gasteiger charge is -2.14. The van der Waals surface area contributed by atoms with Crippen molar-refractivity contribution in [1.29, 1.82) is 0 Å². The number of benzene rings is 3. The summed E-state index contributed by atoms with van der Waals surface area (Å²) >= 11 is 0. The van der Waals surface area contributed by atoms with E-state index in [1.165, 1.54) is 22.3 Å². The summed E-state index contributed by atoms with van der Waals surface area (Å²) in [6, 6.07) is 18.6. The molecule has 0 amide bonds. The van der Waals surface area contributed by atoms with Gasteiger partial charge in [0.05, 0.1) is 17.6 Å². The molecule has 0 atom stereocenters. The molecular weight excluding hydrogens is 360 g/mol. The Balaban J connectivity index is 1.62. The highest BCUT2D eigenvalue weighted by Gasteiger charge is 2.12. The number of aryl methyl sites for hydroxylation is 3. The lowest BCUT2D eigenvalue weighted by molar-refractivity contribution is 0.269. The highest BCUT2D eigenvalue weighted by Crippen LogP contribution is 2.33. The largest absolute Gasteiger partial charge is 0.490 e. The van der Waals surface area contributed by atoms with Crippen molar-refractivity contribution in [3.63, 3.8) is 0 Å². The van der Waals surface area contributed by atoms with E-state index in [-0.39, 0.29) is 0 Å². The van der Waals surface area contributed by atoms with Crippen molar-refractivity contribution < 1.29 is 9.47 Å². The Hall–Kier alpha value is -3.27. The minimum absolute atomic E-state index is 0.511. The second-order valence-corrected chi connectivity index (χ2v) is 7.42. The van der Waals surface area contributed by atoms with E-state index in [0.717, 1.165) is 33.9 Å². The van der Waals surface area contributed by atoms with Crippen LogP contribution in [0.4, 0.5) is 0 Å². The molecule has 0 aliphatic carbocycles. The van der Waals surface area contributed by atoms with Gasteiger partial charge in [-0.1, -0.05) is 29.8 Å². The van der Waals surface area contributed by atoms with Crippen molar-refractivity contribution >= 4 is 11.0 Å². The molecule has 0 radical (unpaired) electrons. The maximum absolute atomic E-state index is 6.12. The third kappa shape index (κ3) is 4.11. The quantitative estimate of drug-likeness (QED) is 0.433. The summed E-state index contributed by atoms with van der Waals surface area (Å²) in [5.74, 6) is 2.29. The van der Waals surface area contributed by atoms with Gasteiger partial charge in [-0.15, -0.1) is 0 Å². The number of hydrogen-bond donors (Lipinski definition) is 1. The first kappa shape index (κ1) is 19.1. The van der Waals surface area contributed by atoms with Gasteiger partial charge in [0.15, 0.2) is 11.5 Å². The monoisotopic (exact) mass is 386 g/mol. The van der Waals surface area contributed by atoms with Crippen LogP contribution in [-0.2, 0) is 6.61 Å². The number of aromatic nitrogens is 2. The number of fused-ring (bicyclic) bond motifs is 1. The number of ether oxygens (including phenoxy) is 2. The average Bonchev–Trinajstić information content (AvgIpc) is 3.12. The number of nitrogens with zero attached hydrogens (tertiary/aromatic N) is 1. The third-order valence-corrected chi connectivity index (χ3v) is 5.04. The summed E-state index contributed by atoms with van der Waals surface area (Å²) in [6.07, 6.45) is 0. The van der Waals surface area contributed by atoms with Crippen LogP contribution in [0.25, 0.3) is 22.4 Å². The number of H-pyrrole nitrogens is 1. The van der Waals surface area contributed by atoms with Gasteiger partial charge in [0.25, 0.3) is 0 Å². The van der Waals surface area contributed by atoms with Crippen LogP contribution in [0.5, 0.6) is 11.5 Å². The average molecular weight is 386 g/mol. The Labute approximate surface area is 171 Å². The van der Waals surface area contributed by atoms with Crippen LogP contribution in [0.3, 0.4) is 0 Å². The highest BCUT2D eigenvalue weighted by atomic mass is 16.5. The molecule has 0 aliphatic heterocycles. The summed E-state index contributed by atoms with van der Waals surface area (Å²) < 4.78 is 12.0. The first-order chi connectivity index (χ1) is 14.0. The molecule has 4 heteroatoms. The lowest BCUT2D eigenvalue weighted by Crippen LogP contribution is -2.01. The molecule has 0 bridgehead atoms. The molecule has 1 aromatic heterocycles. The molecule has 148 valence electrons. The van der Waals surface area contributed by atoms with Gasteiger partial charge in [0.1, 0.15) is 12.4 Å². The van der Waals surface area contributed by atoms with Crippen molar-refractivity contribution in [2.75, 3.05) is 6.61 Å². The van der Waals surface area contributed by atoms with Crippen LogP contribution < -0.4 is 9.47 Å². The van der Waals surface area contributed by atoms with Gasteiger partial charge < -0.3 is 14.5 Å². The smallest absolute Gasteiger partial charge is 0.161 e. The van der Waals surface area contributed by atoms with E-state index in [0.29, 0.717) is 13.2 Å². The van der Waals surface area contributed by atoms with Gasteiger partial charge in [-0.3, -0.25) is 0 Å². The van der Waals surface area contributed by atoms with Gasteiger partial charge in [-0.25, -0.2) is 4.98 Å². The standard InChI is InChI=1S/C25H26N2O2/c1-5-28-24-14-19(25-26-21-10-7-17(3)13-22(21)27-25)9-11-23(24)29-15-20-12-16(2)6-8-18(20)4/h6-14H,5,15H2,1-4H3,(H,26,27). The molecule has 29 heavy (non-hydrogen) atoms. The third-order valence-electron chi connectivity index (χ3n) is 5.04. The predicted molar refractivity (Wildman–Crippen MR) is 118 cm³/mol. The van der Waals surface area contributed by atoms with Crippen LogP contribution in [0, 0.1) is 20.8 Å². The number of hydrogen-bond acceptors (Lipinski definition) is 3. The molecule has 0 saturated carbocycles. The maximum atomic E-state index is 6.12. The fraction of sp³-hybridized carbons (Fsp3) is 0.240. The molecule has 0 aliphatic rings. The zero-order valence-corrected chi connectivity index (χ0v) is 17.4. The van der Waals surface area contributed by atoms with E-state index in [9.17, 15) is 0 Å². The molecule has 0 unspecified atom stereocenters. The van der Waals surface area contributed by atoms with Crippen molar-refractivity contribution in [1.82, 2.24) is 9.97 Å². The summed E-state index contributed by atoms with van der Waals surface area (Å²) in [7, 11) is 0. The fourth-order valence-electron chi connectivity index (χ4n) is 3.41. The minimum atomic E-state index is 0.511. The summed E-state index contributed by atoms with van der Waals surface area (Å²) in [5, 5.41) is 0. The Bertz CT molecular complexity index is 1160. The van der Waals surface area contributed by atoms with E-state index in [1.54, 1.807) is 0 Å². The molecule has 0 saturated heterocycles. The van der Waals surface area contributed by atoms with Gasteiger partial charge in [0.2, 0.25) is 0 Å². The number of imidazole rings is 1. The van der Waals surface area contributed by atoms with Crippen molar-refractivity contribution in [2.24, 2.45) is 0 Å². The Morgan fingerprint density at radius 3 is 2.45 bits per heavy atom. The number of aromatic amines is 1.